The number of halogens is 1. The summed E-state index contributed by atoms with van der Waals surface area (Å²) in [4.78, 5) is 25.5. The number of hydrogen-bond donors (Lipinski definition) is 1. The predicted octanol–water partition coefficient (Wildman–Crippen LogP) is 4.55. The van der Waals surface area contributed by atoms with Crippen LogP contribution in [0.2, 0.25) is 5.02 Å². The van der Waals surface area contributed by atoms with Crippen LogP contribution in [0.4, 0.5) is 11.4 Å². The summed E-state index contributed by atoms with van der Waals surface area (Å²) < 4.78 is 0. The van der Waals surface area contributed by atoms with Crippen molar-refractivity contribution >= 4 is 28.8 Å². The van der Waals surface area contributed by atoms with Gasteiger partial charge < -0.3 is 5.73 Å². The van der Waals surface area contributed by atoms with Crippen LogP contribution in [-0.2, 0) is 4.79 Å². The quantitative estimate of drug-likeness (QED) is 0.575. The number of nitrogens with two attached hydrogens (primary N) is 1. The summed E-state index contributed by atoms with van der Waals surface area (Å²) in [5, 5.41) is 21.8. The van der Waals surface area contributed by atoms with Crippen molar-refractivity contribution in [2.75, 3.05) is 4.90 Å². The van der Waals surface area contributed by atoms with Gasteiger partial charge in [-0.15, -0.1) is 0 Å². The van der Waals surface area contributed by atoms with E-state index in [0.717, 1.165) is 5.70 Å². The van der Waals surface area contributed by atoms with Crippen LogP contribution >= 0.6 is 11.6 Å². The van der Waals surface area contributed by atoms with Gasteiger partial charge >= 0.3 is 0 Å². The summed E-state index contributed by atoms with van der Waals surface area (Å²) in [6, 6.07) is 15.2. The molecule has 0 bridgehead atoms. The topological polar surface area (TPSA) is 113 Å². The third-order valence-electron chi connectivity index (χ3n) is 5.41. The fourth-order valence-corrected chi connectivity index (χ4v) is 4.25. The largest absolute Gasteiger partial charge is 0.384 e. The Balaban J connectivity index is 1.96. The van der Waals surface area contributed by atoms with Crippen molar-refractivity contribution in [3.05, 3.63) is 91.9 Å². The second-order valence-electron chi connectivity index (χ2n) is 7.14. The SMILES string of the molecule is N#CC1=C(N)N(c2ccc(Cl)cc2)C2=C(C(=O)CCC2)[C@@H]1c1cccc([N+](=O)[O-])c1. The van der Waals surface area contributed by atoms with E-state index in [2.05, 4.69) is 6.07 Å². The Labute approximate surface area is 177 Å². The van der Waals surface area contributed by atoms with Gasteiger partial charge in [-0.3, -0.25) is 19.8 Å². The van der Waals surface area contributed by atoms with E-state index in [4.69, 9.17) is 17.3 Å². The molecule has 0 saturated carbocycles. The molecule has 0 fully saturated rings. The summed E-state index contributed by atoms with van der Waals surface area (Å²) in [6.45, 7) is 0. The number of rotatable bonds is 3. The van der Waals surface area contributed by atoms with E-state index in [-0.39, 0.29) is 22.9 Å². The average molecular weight is 421 g/mol. The van der Waals surface area contributed by atoms with Crippen LogP contribution < -0.4 is 10.6 Å². The van der Waals surface area contributed by atoms with Crippen LogP contribution in [0.25, 0.3) is 0 Å². The van der Waals surface area contributed by atoms with Crippen molar-refractivity contribution in [3.8, 4) is 6.07 Å². The number of benzene rings is 2. The number of nitro benzene ring substituents is 1. The van der Waals surface area contributed by atoms with Gasteiger partial charge in [-0.25, -0.2) is 0 Å². The van der Waals surface area contributed by atoms with Gasteiger partial charge in [0.1, 0.15) is 5.82 Å². The standard InChI is InChI=1S/C22H17ClN4O3/c23-14-7-9-15(10-8-14)26-18-5-2-6-19(28)21(18)20(17(12-24)22(26)25)13-3-1-4-16(11-13)27(29)30/h1,3-4,7-11,20H,2,5-6,25H2/t20-/m1/s1. The van der Waals surface area contributed by atoms with E-state index in [1.807, 2.05) is 0 Å². The molecule has 0 amide bonds. The molecule has 7 nitrogen and oxygen atoms in total. The first-order valence-corrected chi connectivity index (χ1v) is 9.76. The van der Waals surface area contributed by atoms with Gasteiger partial charge in [-0.05, 0) is 42.7 Å². The summed E-state index contributed by atoms with van der Waals surface area (Å²) >= 11 is 6.01. The first-order valence-electron chi connectivity index (χ1n) is 9.38. The van der Waals surface area contributed by atoms with Crippen LogP contribution in [-0.4, -0.2) is 10.7 Å². The highest BCUT2D eigenvalue weighted by molar-refractivity contribution is 6.30. The Hall–Kier alpha value is -3.63. The van der Waals surface area contributed by atoms with E-state index >= 15 is 0 Å². The number of carbonyl (C=O) groups excluding carboxylic acids is 1. The number of anilines is 1. The maximum Gasteiger partial charge on any atom is 0.269 e. The number of ketones is 1. The van der Waals surface area contributed by atoms with Gasteiger partial charge in [0.15, 0.2) is 5.78 Å². The third-order valence-corrected chi connectivity index (χ3v) is 5.66. The Kier molecular flexibility index (Phi) is 5.02. The van der Waals surface area contributed by atoms with Gasteiger partial charge in [0.05, 0.1) is 22.5 Å². The predicted molar refractivity (Wildman–Crippen MR) is 112 cm³/mol. The maximum atomic E-state index is 13.0. The molecule has 0 saturated heterocycles. The summed E-state index contributed by atoms with van der Waals surface area (Å²) in [6.07, 6.45) is 1.63. The molecule has 0 radical (unpaired) electrons. The molecule has 1 aliphatic heterocycles. The molecular weight excluding hydrogens is 404 g/mol. The summed E-state index contributed by atoms with van der Waals surface area (Å²) in [5.74, 6) is -0.599. The normalized spacial score (nSPS) is 18.9. The van der Waals surface area contributed by atoms with Crippen molar-refractivity contribution in [1.29, 1.82) is 5.26 Å². The number of non-ortho nitro benzene ring substituents is 1. The number of nitriles is 1. The lowest BCUT2D eigenvalue weighted by Crippen LogP contribution is -2.38. The van der Waals surface area contributed by atoms with Crippen LogP contribution in [0.5, 0.6) is 0 Å². The molecule has 150 valence electrons. The molecule has 0 spiro atoms. The molecule has 0 aromatic heterocycles. The fourth-order valence-electron chi connectivity index (χ4n) is 4.12. The molecular formula is C22H17ClN4O3. The Morgan fingerprint density at radius 2 is 1.93 bits per heavy atom. The van der Waals surface area contributed by atoms with Gasteiger partial charge in [0, 0.05) is 40.5 Å². The van der Waals surface area contributed by atoms with Gasteiger partial charge in [-0.1, -0.05) is 23.7 Å². The van der Waals surface area contributed by atoms with Gasteiger partial charge in [0.25, 0.3) is 5.69 Å². The minimum Gasteiger partial charge on any atom is -0.384 e. The minimum absolute atomic E-state index is 0.0769. The fraction of sp³-hybridized carbons (Fsp3) is 0.182. The first kappa shape index (κ1) is 19.7. The first-order chi connectivity index (χ1) is 14.4. The zero-order valence-corrected chi connectivity index (χ0v) is 16.6. The molecule has 1 heterocycles. The second kappa shape index (κ2) is 7.65. The van der Waals surface area contributed by atoms with E-state index in [1.165, 1.54) is 12.1 Å². The smallest absolute Gasteiger partial charge is 0.269 e. The van der Waals surface area contributed by atoms with E-state index in [1.54, 1.807) is 41.3 Å². The van der Waals surface area contributed by atoms with E-state index in [0.29, 0.717) is 41.1 Å². The van der Waals surface area contributed by atoms with Crippen molar-refractivity contribution in [3.63, 3.8) is 0 Å². The Morgan fingerprint density at radius 1 is 1.20 bits per heavy atom. The zero-order chi connectivity index (χ0) is 21.4. The number of nitrogens with zero attached hydrogens (tertiary/aromatic N) is 3. The molecule has 0 unspecified atom stereocenters. The number of carbonyl (C=O) groups is 1. The molecule has 1 aliphatic carbocycles. The molecule has 2 aromatic carbocycles. The monoisotopic (exact) mass is 420 g/mol. The molecule has 2 aliphatic rings. The van der Waals surface area contributed by atoms with E-state index < -0.39 is 10.8 Å². The second-order valence-corrected chi connectivity index (χ2v) is 7.58. The lowest BCUT2D eigenvalue weighted by atomic mass is 9.75. The van der Waals surface area contributed by atoms with Crippen molar-refractivity contribution in [2.45, 2.75) is 25.2 Å². The summed E-state index contributed by atoms with van der Waals surface area (Å²) in [7, 11) is 0. The average Bonchev–Trinajstić information content (AvgIpc) is 2.74. The molecule has 30 heavy (non-hydrogen) atoms. The maximum absolute atomic E-state index is 13.0. The summed E-state index contributed by atoms with van der Waals surface area (Å²) in [5.41, 5.74) is 8.94. The van der Waals surface area contributed by atoms with Crippen molar-refractivity contribution in [2.24, 2.45) is 5.73 Å². The number of nitro groups is 1. The third kappa shape index (κ3) is 3.21. The zero-order valence-electron chi connectivity index (χ0n) is 15.8. The van der Waals surface area contributed by atoms with E-state index in [9.17, 15) is 20.2 Å². The van der Waals surface area contributed by atoms with Crippen LogP contribution in [0.1, 0.15) is 30.7 Å². The molecule has 1 atom stereocenters. The number of Topliss-reactive ketones (excluding diaryl/α,β-unsaturated/α-hetero) is 1. The minimum atomic E-state index is -0.735. The van der Waals surface area contributed by atoms with Crippen molar-refractivity contribution < 1.29 is 9.72 Å². The highest BCUT2D eigenvalue weighted by Gasteiger charge is 2.40. The lowest BCUT2D eigenvalue weighted by Gasteiger charge is -2.39. The molecule has 2 aromatic rings. The van der Waals surface area contributed by atoms with Crippen LogP contribution in [0.3, 0.4) is 0 Å². The molecule has 8 heteroatoms. The number of allylic oxidation sites excluding steroid dienone is 3. The van der Waals surface area contributed by atoms with Crippen molar-refractivity contribution in [1.82, 2.24) is 0 Å². The number of hydrogen-bond acceptors (Lipinski definition) is 6. The molecule has 2 N–H and O–H groups in total. The highest BCUT2D eigenvalue weighted by atomic mass is 35.5. The Bertz CT molecular complexity index is 1160. The van der Waals surface area contributed by atoms with Crippen LogP contribution in [0.15, 0.2) is 71.2 Å². The molecule has 4 rings (SSSR count). The Morgan fingerprint density at radius 3 is 2.60 bits per heavy atom. The van der Waals surface area contributed by atoms with Crippen LogP contribution in [0, 0.1) is 21.4 Å². The lowest BCUT2D eigenvalue weighted by molar-refractivity contribution is -0.384. The highest BCUT2D eigenvalue weighted by Crippen LogP contribution is 2.46. The van der Waals surface area contributed by atoms with Gasteiger partial charge in [-0.2, -0.15) is 5.26 Å². The van der Waals surface area contributed by atoms with Gasteiger partial charge in [0.2, 0.25) is 0 Å².